The van der Waals surface area contributed by atoms with Crippen molar-refractivity contribution < 1.29 is 19.5 Å². The van der Waals surface area contributed by atoms with Gasteiger partial charge in [0.15, 0.2) is 0 Å². The van der Waals surface area contributed by atoms with Gasteiger partial charge in [0.25, 0.3) is 5.91 Å². The predicted octanol–water partition coefficient (Wildman–Crippen LogP) is -0.672. The Kier molecular flexibility index (Phi) is 3.08. The first kappa shape index (κ1) is 11.6. The molecule has 17 heavy (non-hydrogen) atoms. The minimum absolute atomic E-state index is 0.129. The number of carbonyl (C=O) groups is 3. The van der Waals surface area contributed by atoms with Crippen LogP contribution in [-0.2, 0) is 14.4 Å². The molecule has 0 aromatic heterocycles. The summed E-state index contributed by atoms with van der Waals surface area (Å²) in [6.45, 7) is -0.501. The fraction of sp³-hybridized carbons (Fsp3) is 0.600. The van der Waals surface area contributed by atoms with Gasteiger partial charge >= 0.3 is 5.97 Å². The molecule has 1 fully saturated rings. The maximum absolute atomic E-state index is 11.7. The quantitative estimate of drug-likeness (QED) is 0.679. The van der Waals surface area contributed by atoms with Crippen molar-refractivity contribution >= 4 is 23.5 Å². The second-order valence-corrected chi connectivity index (χ2v) is 4.14. The summed E-state index contributed by atoms with van der Waals surface area (Å²) in [6, 6.07) is 0.218. The summed E-state index contributed by atoms with van der Waals surface area (Å²) in [5, 5.41) is 16.0. The van der Waals surface area contributed by atoms with Gasteiger partial charge in [-0.1, -0.05) is 0 Å². The lowest BCUT2D eigenvalue weighted by Gasteiger charge is -2.21. The van der Waals surface area contributed by atoms with Crippen LogP contribution in [0.5, 0.6) is 0 Å². The molecule has 2 N–H and O–H groups in total. The average molecular weight is 239 g/mol. The lowest BCUT2D eigenvalue weighted by Crippen LogP contribution is -2.41. The Morgan fingerprint density at radius 3 is 2.71 bits per heavy atom. The standard InChI is InChI=1S/C10H13N3O4/c14-8-4-3-7(10(17)11-6-1-2-6)12-13(8)5-9(15)16/h6H,1-5H2,(H,11,17)(H,15,16). The van der Waals surface area contributed by atoms with Crippen LogP contribution in [0.3, 0.4) is 0 Å². The third kappa shape index (κ3) is 3.02. The molecule has 1 aliphatic carbocycles. The highest BCUT2D eigenvalue weighted by molar-refractivity contribution is 6.39. The number of nitrogens with zero attached hydrogens (tertiary/aromatic N) is 2. The number of hydrogen-bond donors (Lipinski definition) is 2. The maximum Gasteiger partial charge on any atom is 0.325 e. The van der Waals surface area contributed by atoms with Gasteiger partial charge in [-0.15, -0.1) is 0 Å². The number of carboxylic acids is 1. The van der Waals surface area contributed by atoms with Crippen LogP contribution in [0.2, 0.25) is 0 Å². The number of hydrazone groups is 1. The Hall–Kier alpha value is -1.92. The van der Waals surface area contributed by atoms with Crippen molar-refractivity contribution in [2.45, 2.75) is 31.7 Å². The minimum Gasteiger partial charge on any atom is -0.480 e. The van der Waals surface area contributed by atoms with Crippen LogP contribution in [0.4, 0.5) is 0 Å². The van der Waals surface area contributed by atoms with Crippen molar-refractivity contribution in [3.05, 3.63) is 0 Å². The van der Waals surface area contributed by atoms with Crippen LogP contribution < -0.4 is 5.32 Å². The van der Waals surface area contributed by atoms with E-state index in [2.05, 4.69) is 10.4 Å². The zero-order valence-electron chi connectivity index (χ0n) is 9.18. The molecule has 2 aliphatic rings. The van der Waals surface area contributed by atoms with Crippen molar-refractivity contribution in [1.82, 2.24) is 10.3 Å². The van der Waals surface area contributed by atoms with Crippen molar-refractivity contribution in [1.29, 1.82) is 0 Å². The summed E-state index contributed by atoms with van der Waals surface area (Å²) in [6.07, 6.45) is 2.34. The molecule has 2 amide bonds. The fourth-order valence-electron chi connectivity index (χ4n) is 1.51. The number of amides is 2. The first-order valence-corrected chi connectivity index (χ1v) is 5.47. The molecule has 0 aromatic carbocycles. The van der Waals surface area contributed by atoms with E-state index in [0.29, 0.717) is 0 Å². The molecule has 0 atom stereocenters. The van der Waals surface area contributed by atoms with Crippen molar-refractivity contribution in [3.63, 3.8) is 0 Å². The largest absolute Gasteiger partial charge is 0.480 e. The first-order chi connectivity index (χ1) is 8.06. The van der Waals surface area contributed by atoms with E-state index < -0.39 is 12.5 Å². The molecule has 1 saturated carbocycles. The van der Waals surface area contributed by atoms with E-state index in [0.717, 1.165) is 17.9 Å². The van der Waals surface area contributed by atoms with Crippen LogP contribution in [0.15, 0.2) is 5.10 Å². The molecule has 1 heterocycles. The molecule has 0 saturated heterocycles. The van der Waals surface area contributed by atoms with Gasteiger partial charge in [0.2, 0.25) is 5.91 Å². The Balaban J connectivity index is 2.02. The lowest BCUT2D eigenvalue weighted by molar-refractivity contribution is -0.144. The summed E-state index contributed by atoms with van der Waals surface area (Å²) in [7, 11) is 0. The Morgan fingerprint density at radius 2 is 2.12 bits per heavy atom. The van der Waals surface area contributed by atoms with Gasteiger partial charge in [-0.2, -0.15) is 5.10 Å². The maximum atomic E-state index is 11.7. The van der Waals surface area contributed by atoms with Crippen molar-refractivity contribution in [2.75, 3.05) is 6.54 Å². The summed E-state index contributed by atoms with van der Waals surface area (Å²) >= 11 is 0. The van der Waals surface area contributed by atoms with Crippen LogP contribution in [0.25, 0.3) is 0 Å². The molecule has 7 nitrogen and oxygen atoms in total. The summed E-state index contributed by atoms with van der Waals surface area (Å²) in [5.74, 6) is -1.81. The summed E-state index contributed by atoms with van der Waals surface area (Å²) < 4.78 is 0. The van der Waals surface area contributed by atoms with Crippen molar-refractivity contribution in [3.8, 4) is 0 Å². The van der Waals surface area contributed by atoms with Crippen LogP contribution in [0, 0.1) is 0 Å². The summed E-state index contributed by atoms with van der Waals surface area (Å²) in [5.41, 5.74) is 0.234. The van der Waals surface area contributed by atoms with Gasteiger partial charge in [0.05, 0.1) is 0 Å². The van der Waals surface area contributed by atoms with E-state index in [4.69, 9.17) is 5.11 Å². The molecule has 0 unspecified atom stereocenters. The molecule has 0 spiro atoms. The van der Waals surface area contributed by atoms with E-state index in [9.17, 15) is 14.4 Å². The molecular formula is C10H13N3O4. The highest BCUT2D eigenvalue weighted by atomic mass is 16.4. The molecule has 0 radical (unpaired) electrons. The number of nitrogens with one attached hydrogen (secondary N) is 1. The molecule has 7 heteroatoms. The van der Waals surface area contributed by atoms with E-state index in [1.807, 2.05) is 0 Å². The van der Waals surface area contributed by atoms with E-state index >= 15 is 0 Å². The smallest absolute Gasteiger partial charge is 0.325 e. The number of hydrogen-bond acceptors (Lipinski definition) is 4. The van der Waals surface area contributed by atoms with E-state index in [1.165, 1.54) is 0 Å². The van der Waals surface area contributed by atoms with Crippen LogP contribution in [0.1, 0.15) is 25.7 Å². The van der Waals surface area contributed by atoms with Gasteiger partial charge in [0.1, 0.15) is 12.3 Å². The third-order valence-corrected chi connectivity index (χ3v) is 2.56. The predicted molar refractivity (Wildman–Crippen MR) is 57.2 cm³/mol. The molecule has 0 bridgehead atoms. The number of carboxylic acid groups (broad SMARTS) is 1. The van der Waals surface area contributed by atoms with Crippen LogP contribution >= 0.6 is 0 Å². The fourth-order valence-corrected chi connectivity index (χ4v) is 1.51. The third-order valence-electron chi connectivity index (χ3n) is 2.56. The molecule has 92 valence electrons. The highest BCUT2D eigenvalue weighted by Crippen LogP contribution is 2.19. The molecule has 2 rings (SSSR count). The topological polar surface area (TPSA) is 99.1 Å². The Labute approximate surface area is 97.5 Å². The molecular weight excluding hydrogens is 226 g/mol. The van der Waals surface area contributed by atoms with Gasteiger partial charge in [0, 0.05) is 18.9 Å². The SMILES string of the molecule is O=C(O)CN1N=C(C(=O)NC2CC2)CCC1=O. The van der Waals surface area contributed by atoms with Gasteiger partial charge < -0.3 is 10.4 Å². The van der Waals surface area contributed by atoms with E-state index in [1.54, 1.807) is 0 Å². The Morgan fingerprint density at radius 1 is 1.41 bits per heavy atom. The number of rotatable bonds is 4. The first-order valence-electron chi connectivity index (χ1n) is 5.47. The van der Waals surface area contributed by atoms with Crippen molar-refractivity contribution in [2.24, 2.45) is 5.10 Å². The van der Waals surface area contributed by atoms with E-state index in [-0.39, 0.29) is 36.4 Å². The highest BCUT2D eigenvalue weighted by Gasteiger charge is 2.29. The second-order valence-electron chi connectivity index (χ2n) is 4.14. The Bertz CT molecular complexity index is 400. The lowest BCUT2D eigenvalue weighted by atomic mass is 10.1. The van der Waals surface area contributed by atoms with Gasteiger partial charge in [-0.25, -0.2) is 5.01 Å². The number of carbonyl (C=O) groups excluding carboxylic acids is 2. The zero-order chi connectivity index (χ0) is 12.4. The zero-order valence-corrected chi connectivity index (χ0v) is 9.18. The monoisotopic (exact) mass is 239 g/mol. The molecule has 1 aliphatic heterocycles. The summed E-state index contributed by atoms with van der Waals surface area (Å²) in [4.78, 5) is 33.5. The normalized spacial score (nSPS) is 19.9. The van der Waals surface area contributed by atoms with Gasteiger partial charge in [-0.3, -0.25) is 14.4 Å². The van der Waals surface area contributed by atoms with Gasteiger partial charge in [-0.05, 0) is 12.8 Å². The van der Waals surface area contributed by atoms with Crippen LogP contribution in [-0.4, -0.2) is 46.2 Å². The molecule has 0 aromatic rings. The average Bonchev–Trinajstić information content (AvgIpc) is 3.04. The number of aliphatic carboxylic acids is 1. The minimum atomic E-state index is -1.15. The second kappa shape index (κ2) is 4.52.